The van der Waals surface area contributed by atoms with Crippen LogP contribution >= 0.6 is 27.3 Å². The number of thiophene rings is 1. The monoisotopic (exact) mass is 470 g/mol. The number of piperidine rings is 1. The molecule has 3 rings (SSSR count). The minimum Gasteiger partial charge on any atom is -0.352 e. The smallest absolute Gasteiger partial charge is 0.252 e. The molecule has 1 N–H and O–H groups in total. The van der Waals surface area contributed by atoms with Crippen LogP contribution in [0.3, 0.4) is 0 Å². The highest BCUT2D eigenvalue weighted by molar-refractivity contribution is 9.11. The zero-order chi connectivity index (χ0) is 19.7. The molecule has 1 amide bonds. The summed E-state index contributed by atoms with van der Waals surface area (Å²) in [5, 5.41) is 3.01. The standard InChI is InChI=1S/C19H23BrN2O3S2/c1-14-3-5-15(6-4-14)13-21-18(23)19(2)9-11-22(12-10-19)27(24,25)17-8-7-16(20)26-17/h3-8H,9-13H2,1-2H3,(H,21,23). The van der Waals surface area contributed by atoms with E-state index in [9.17, 15) is 13.2 Å². The molecule has 1 aliphatic heterocycles. The van der Waals surface area contributed by atoms with E-state index < -0.39 is 15.4 Å². The third-order valence-corrected chi connectivity index (χ3v) is 9.08. The summed E-state index contributed by atoms with van der Waals surface area (Å²) < 4.78 is 28.1. The van der Waals surface area contributed by atoms with Gasteiger partial charge in [-0.15, -0.1) is 11.3 Å². The molecule has 0 bridgehead atoms. The summed E-state index contributed by atoms with van der Waals surface area (Å²) in [4.78, 5) is 12.7. The summed E-state index contributed by atoms with van der Waals surface area (Å²) in [5.41, 5.74) is 1.69. The molecule has 1 aromatic heterocycles. The van der Waals surface area contributed by atoms with Gasteiger partial charge in [-0.05, 0) is 53.4 Å². The molecule has 0 spiro atoms. The Morgan fingerprint density at radius 2 is 1.81 bits per heavy atom. The molecular formula is C19H23BrN2O3S2. The average molecular weight is 471 g/mol. The first-order valence-corrected chi connectivity index (χ1v) is 11.8. The summed E-state index contributed by atoms with van der Waals surface area (Å²) in [7, 11) is -3.49. The first-order chi connectivity index (χ1) is 12.7. The fourth-order valence-electron chi connectivity index (χ4n) is 3.11. The Bertz CT molecular complexity index is 915. The van der Waals surface area contributed by atoms with Gasteiger partial charge in [-0.25, -0.2) is 8.42 Å². The summed E-state index contributed by atoms with van der Waals surface area (Å²) in [6.45, 7) is 5.14. The van der Waals surface area contributed by atoms with Gasteiger partial charge in [-0.3, -0.25) is 4.79 Å². The fourth-order valence-corrected chi connectivity index (χ4v) is 6.72. The molecule has 0 unspecified atom stereocenters. The van der Waals surface area contributed by atoms with Crippen molar-refractivity contribution >= 4 is 43.2 Å². The van der Waals surface area contributed by atoms with Gasteiger partial charge in [-0.1, -0.05) is 36.8 Å². The van der Waals surface area contributed by atoms with Gasteiger partial charge in [0.25, 0.3) is 10.0 Å². The maximum absolute atomic E-state index is 12.7. The lowest BCUT2D eigenvalue weighted by Gasteiger charge is -2.37. The van der Waals surface area contributed by atoms with E-state index in [-0.39, 0.29) is 5.91 Å². The van der Waals surface area contributed by atoms with E-state index in [4.69, 9.17) is 0 Å². The lowest BCUT2D eigenvalue weighted by Crippen LogP contribution is -2.48. The van der Waals surface area contributed by atoms with Gasteiger partial charge in [0.15, 0.2) is 0 Å². The van der Waals surface area contributed by atoms with Crippen LogP contribution in [0.1, 0.15) is 30.9 Å². The molecule has 0 atom stereocenters. The van der Waals surface area contributed by atoms with Crippen LogP contribution < -0.4 is 5.32 Å². The van der Waals surface area contributed by atoms with Gasteiger partial charge in [0, 0.05) is 25.0 Å². The van der Waals surface area contributed by atoms with Crippen molar-refractivity contribution in [1.82, 2.24) is 9.62 Å². The zero-order valence-corrected chi connectivity index (χ0v) is 18.6. The summed E-state index contributed by atoms with van der Waals surface area (Å²) in [6.07, 6.45) is 1.02. The van der Waals surface area contributed by atoms with Crippen LogP contribution in [0, 0.1) is 12.3 Å². The minimum atomic E-state index is -3.49. The number of aryl methyl sites for hydroxylation is 1. The topological polar surface area (TPSA) is 66.5 Å². The molecule has 0 radical (unpaired) electrons. The normalized spacial score (nSPS) is 17.6. The van der Waals surface area contributed by atoms with E-state index in [1.54, 1.807) is 12.1 Å². The van der Waals surface area contributed by atoms with Crippen LogP contribution in [0.2, 0.25) is 0 Å². The maximum Gasteiger partial charge on any atom is 0.252 e. The van der Waals surface area contributed by atoms with Crippen molar-refractivity contribution in [3.8, 4) is 0 Å². The van der Waals surface area contributed by atoms with E-state index in [2.05, 4.69) is 21.2 Å². The minimum absolute atomic E-state index is 0.0148. The average Bonchev–Trinajstić information content (AvgIpc) is 3.08. The quantitative estimate of drug-likeness (QED) is 0.719. The number of benzene rings is 1. The zero-order valence-electron chi connectivity index (χ0n) is 15.4. The number of hydrogen-bond acceptors (Lipinski definition) is 4. The molecule has 146 valence electrons. The number of nitrogens with zero attached hydrogens (tertiary/aromatic N) is 1. The molecule has 8 heteroatoms. The molecule has 1 fully saturated rings. The summed E-state index contributed by atoms with van der Waals surface area (Å²) in [6, 6.07) is 11.4. The number of nitrogens with one attached hydrogen (secondary N) is 1. The Kier molecular flexibility index (Phi) is 6.10. The molecule has 2 aromatic rings. The molecule has 0 saturated carbocycles. The van der Waals surface area contributed by atoms with Crippen LogP contribution in [0.5, 0.6) is 0 Å². The van der Waals surface area contributed by atoms with Crippen molar-refractivity contribution in [2.45, 2.75) is 37.4 Å². The van der Waals surface area contributed by atoms with Crippen LogP contribution in [-0.4, -0.2) is 31.7 Å². The molecule has 0 aliphatic carbocycles. The largest absolute Gasteiger partial charge is 0.352 e. The molecular weight excluding hydrogens is 448 g/mol. The van der Waals surface area contributed by atoms with Gasteiger partial charge in [-0.2, -0.15) is 4.31 Å². The summed E-state index contributed by atoms with van der Waals surface area (Å²) >= 11 is 4.52. The second-order valence-corrected chi connectivity index (χ2v) is 11.8. The second-order valence-electron chi connectivity index (χ2n) is 7.19. The Morgan fingerprint density at radius 3 is 2.37 bits per heavy atom. The second kappa shape index (κ2) is 8.03. The Balaban J connectivity index is 1.59. The SMILES string of the molecule is Cc1ccc(CNC(=O)C2(C)CCN(S(=O)(=O)c3ccc(Br)s3)CC2)cc1. The lowest BCUT2D eigenvalue weighted by atomic mass is 9.80. The number of sulfonamides is 1. The maximum atomic E-state index is 12.7. The van der Waals surface area contributed by atoms with Crippen molar-refractivity contribution in [3.05, 3.63) is 51.3 Å². The Hall–Kier alpha value is -1.22. The summed E-state index contributed by atoms with van der Waals surface area (Å²) in [5.74, 6) is -0.0148. The van der Waals surface area contributed by atoms with E-state index in [0.717, 1.165) is 9.35 Å². The van der Waals surface area contributed by atoms with E-state index in [1.807, 2.05) is 38.1 Å². The number of hydrogen-bond donors (Lipinski definition) is 1. The molecule has 2 heterocycles. The number of halogens is 1. The van der Waals surface area contributed by atoms with E-state index in [0.29, 0.717) is 36.7 Å². The van der Waals surface area contributed by atoms with Gasteiger partial charge < -0.3 is 5.32 Å². The molecule has 1 aromatic carbocycles. The third-order valence-electron chi connectivity index (χ3n) is 5.09. The molecule has 1 saturated heterocycles. The lowest BCUT2D eigenvalue weighted by molar-refractivity contribution is -0.132. The molecule has 1 aliphatic rings. The number of amides is 1. The highest BCUT2D eigenvalue weighted by Crippen LogP contribution is 2.35. The number of carbonyl (C=O) groups is 1. The Morgan fingerprint density at radius 1 is 1.19 bits per heavy atom. The van der Waals surface area contributed by atoms with Crippen molar-refractivity contribution in [1.29, 1.82) is 0 Å². The van der Waals surface area contributed by atoms with Gasteiger partial charge in [0.05, 0.1) is 3.79 Å². The van der Waals surface area contributed by atoms with Crippen LogP contribution in [0.4, 0.5) is 0 Å². The van der Waals surface area contributed by atoms with Crippen molar-refractivity contribution < 1.29 is 13.2 Å². The van der Waals surface area contributed by atoms with Gasteiger partial charge in [0.1, 0.15) is 4.21 Å². The number of rotatable bonds is 5. The highest BCUT2D eigenvalue weighted by Gasteiger charge is 2.40. The van der Waals surface area contributed by atoms with Crippen LogP contribution in [0.15, 0.2) is 44.4 Å². The van der Waals surface area contributed by atoms with E-state index in [1.165, 1.54) is 21.2 Å². The van der Waals surface area contributed by atoms with Crippen molar-refractivity contribution in [2.75, 3.05) is 13.1 Å². The first-order valence-electron chi connectivity index (χ1n) is 8.80. The highest BCUT2D eigenvalue weighted by atomic mass is 79.9. The van der Waals surface area contributed by atoms with Gasteiger partial charge >= 0.3 is 0 Å². The van der Waals surface area contributed by atoms with Crippen LogP contribution in [0.25, 0.3) is 0 Å². The van der Waals surface area contributed by atoms with Crippen LogP contribution in [-0.2, 0) is 21.4 Å². The van der Waals surface area contributed by atoms with Crippen molar-refractivity contribution in [3.63, 3.8) is 0 Å². The predicted octanol–water partition coefficient (Wildman–Crippen LogP) is 3.93. The number of carbonyl (C=O) groups excluding carboxylic acids is 1. The van der Waals surface area contributed by atoms with E-state index >= 15 is 0 Å². The fraction of sp³-hybridized carbons (Fsp3) is 0.421. The van der Waals surface area contributed by atoms with Gasteiger partial charge in [0.2, 0.25) is 5.91 Å². The molecule has 5 nitrogen and oxygen atoms in total. The first kappa shape index (κ1) is 20.5. The third kappa shape index (κ3) is 4.62. The van der Waals surface area contributed by atoms with Crippen molar-refractivity contribution in [2.24, 2.45) is 5.41 Å². The predicted molar refractivity (Wildman–Crippen MR) is 111 cm³/mol. The molecule has 27 heavy (non-hydrogen) atoms. The Labute approximate surface area is 173 Å².